The lowest BCUT2D eigenvalue weighted by Crippen LogP contribution is -2.09. The summed E-state index contributed by atoms with van der Waals surface area (Å²) in [6, 6.07) is 22.7. The number of hydrogen-bond donors (Lipinski definition) is 0. The number of aliphatic imine (C=N–C) groups is 1. The molecule has 0 unspecified atom stereocenters. The second-order valence-electron chi connectivity index (χ2n) is 5.13. The van der Waals surface area contributed by atoms with Crippen molar-refractivity contribution in [3.05, 3.63) is 88.9 Å². The van der Waals surface area contributed by atoms with E-state index in [1.807, 2.05) is 30.3 Å². The summed E-state index contributed by atoms with van der Waals surface area (Å²) in [6.07, 6.45) is 1.70. The third-order valence-corrected chi connectivity index (χ3v) is 5.17. The Bertz CT molecular complexity index is 988. The molecule has 0 heterocycles. The molecule has 3 rings (SSSR count). The van der Waals surface area contributed by atoms with E-state index in [-0.39, 0.29) is 10.6 Å². The van der Waals surface area contributed by atoms with Crippen LogP contribution in [0.1, 0.15) is 5.56 Å². The Morgan fingerprint density at radius 2 is 1.52 bits per heavy atom. The van der Waals surface area contributed by atoms with E-state index in [1.54, 1.807) is 42.6 Å². The fourth-order valence-electron chi connectivity index (χ4n) is 2.08. The van der Waals surface area contributed by atoms with Crippen molar-refractivity contribution in [3.63, 3.8) is 0 Å². The van der Waals surface area contributed by atoms with Gasteiger partial charge in [-0.05, 0) is 64.0 Å². The molecule has 6 heteroatoms. The van der Waals surface area contributed by atoms with E-state index in [0.29, 0.717) is 4.47 Å². The van der Waals surface area contributed by atoms with Crippen LogP contribution in [0.25, 0.3) is 0 Å². The van der Waals surface area contributed by atoms with E-state index >= 15 is 0 Å². The van der Waals surface area contributed by atoms with Gasteiger partial charge < -0.3 is 4.18 Å². The molecule has 0 amide bonds. The molecule has 4 nitrogen and oxygen atoms in total. The summed E-state index contributed by atoms with van der Waals surface area (Å²) in [7, 11) is -3.87. The molecule has 3 aromatic carbocycles. The lowest BCUT2D eigenvalue weighted by molar-refractivity contribution is 0.484. The molecule has 0 aliphatic carbocycles. The number of hydrogen-bond acceptors (Lipinski definition) is 4. The van der Waals surface area contributed by atoms with Crippen molar-refractivity contribution < 1.29 is 12.6 Å². The summed E-state index contributed by atoms with van der Waals surface area (Å²) in [5.41, 5.74) is 1.66. The molecule has 0 saturated carbocycles. The molecule has 0 aliphatic rings. The predicted molar refractivity (Wildman–Crippen MR) is 102 cm³/mol. The van der Waals surface area contributed by atoms with Crippen molar-refractivity contribution in [2.45, 2.75) is 4.90 Å². The Labute approximate surface area is 155 Å². The Hall–Kier alpha value is -2.44. The minimum atomic E-state index is -3.87. The lowest BCUT2D eigenvalue weighted by atomic mass is 10.2. The van der Waals surface area contributed by atoms with Crippen LogP contribution in [0.4, 0.5) is 5.69 Å². The van der Waals surface area contributed by atoms with Crippen LogP contribution in [0.3, 0.4) is 0 Å². The first kappa shape index (κ1) is 17.4. The van der Waals surface area contributed by atoms with Crippen molar-refractivity contribution in [1.82, 2.24) is 0 Å². The third kappa shape index (κ3) is 4.55. The van der Waals surface area contributed by atoms with Gasteiger partial charge in [-0.15, -0.1) is 0 Å². The van der Waals surface area contributed by atoms with Crippen LogP contribution in [-0.4, -0.2) is 14.6 Å². The number of nitrogens with zero attached hydrogens (tertiary/aromatic N) is 1. The van der Waals surface area contributed by atoms with E-state index in [2.05, 4.69) is 20.9 Å². The highest BCUT2D eigenvalue weighted by molar-refractivity contribution is 9.10. The van der Waals surface area contributed by atoms with Gasteiger partial charge in [-0.3, -0.25) is 4.99 Å². The van der Waals surface area contributed by atoms with Gasteiger partial charge in [0.2, 0.25) is 0 Å². The highest BCUT2D eigenvalue weighted by Crippen LogP contribution is 2.28. The summed E-state index contributed by atoms with van der Waals surface area (Å²) in [5, 5.41) is 0. The number of rotatable bonds is 5. The van der Waals surface area contributed by atoms with Gasteiger partial charge >= 0.3 is 10.1 Å². The second-order valence-corrected chi connectivity index (χ2v) is 7.53. The van der Waals surface area contributed by atoms with Crippen LogP contribution >= 0.6 is 15.9 Å². The van der Waals surface area contributed by atoms with Gasteiger partial charge in [0, 0.05) is 6.21 Å². The molecule has 0 spiro atoms. The summed E-state index contributed by atoms with van der Waals surface area (Å²) < 4.78 is 30.3. The molecule has 0 aromatic heterocycles. The average molecular weight is 416 g/mol. The maximum absolute atomic E-state index is 12.3. The molecular weight excluding hydrogens is 402 g/mol. The van der Waals surface area contributed by atoms with E-state index in [4.69, 9.17) is 4.18 Å². The van der Waals surface area contributed by atoms with E-state index in [0.717, 1.165) is 11.3 Å². The van der Waals surface area contributed by atoms with E-state index < -0.39 is 10.1 Å². The van der Waals surface area contributed by atoms with Crippen molar-refractivity contribution >= 4 is 38.0 Å². The quantitative estimate of drug-likeness (QED) is 0.436. The zero-order chi connectivity index (χ0) is 17.7. The number of halogens is 1. The zero-order valence-electron chi connectivity index (χ0n) is 13.0. The highest BCUT2D eigenvalue weighted by atomic mass is 79.9. The monoisotopic (exact) mass is 415 g/mol. The van der Waals surface area contributed by atoms with Crippen molar-refractivity contribution in [1.29, 1.82) is 0 Å². The van der Waals surface area contributed by atoms with Crippen LogP contribution in [0.2, 0.25) is 0 Å². The average Bonchev–Trinajstić information content (AvgIpc) is 2.63. The Kier molecular flexibility index (Phi) is 5.31. The van der Waals surface area contributed by atoms with E-state index in [9.17, 15) is 8.42 Å². The van der Waals surface area contributed by atoms with Gasteiger partial charge in [-0.2, -0.15) is 8.42 Å². The predicted octanol–water partition coefficient (Wildman–Crippen LogP) is 4.97. The SMILES string of the molecule is O=S(=O)(Oc1ccc(C=Nc2ccccc2)cc1Br)c1ccccc1. The fraction of sp³-hybridized carbons (Fsp3) is 0. The van der Waals surface area contributed by atoms with Gasteiger partial charge in [0.1, 0.15) is 4.90 Å². The molecule has 3 aromatic rings. The first-order valence-corrected chi connectivity index (χ1v) is 9.63. The minimum Gasteiger partial charge on any atom is -0.378 e. The molecule has 25 heavy (non-hydrogen) atoms. The van der Waals surface area contributed by atoms with Gasteiger partial charge in [0.05, 0.1) is 10.2 Å². The largest absolute Gasteiger partial charge is 0.378 e. The molecule has 0 N–H and O–H groups in total. The smallest absolute Gasteiger partial charge is 0.339 e. The Balaban J connectivity index is 1.80. The van der Waals surface area contributed by atoms with Crippen LogP contribution in [0.15, 0.2) is 93.2 Å². The van der Waals surface area contributed by atoms with Crippen LogP contribution in [0, 0.1) is 0 Å². The maximum atomic E-state index is 12.3. The summed E-state index contributed by atoms with van der Waals surface area (Å²) in [6.45, 7) is 0. The van der Waals surface area contributed by atoms with E-state index in [1.165, 1.54) is 12.1 Å². The molecular formula is C19H14BrNO3S. The topological polar surface area (TPSA) is 55.7 Å². The van der Waals surface area contributed by atoms with Gasteiger partial charge in [0.25, 0.3) is 0 Å². The standard InChI is InChI=1S/C19H14BrNO3S/c20-18-13-15(14-21-16-7-3-1-4-8-16)11-12-19(18)24-25(22,23)17-9-5-2-6-10-17/h1-14H. The molecule has 0 aliphatic heterocycles. The van der Waals surface area contributed by atoms with Gasteiger partial charge in [-0.1, -0.05) is 36.4 Å². The molecule has 0 atom stereocenters. The lowest BCUT2D eigenvalue weighted by Gasteiger charge is -2.09. The van der Waals surface area contributed by atoms with Crippen LogP contribution in [-0.2, 0) is 10.1 Å². The second kappa shape index (κ2) is 7.63. The molecule has 0 radical (unpaired) electrons. The maximum Gasteiger partial charge on any atom is 0.339 e. The van der Waals surface area contributed by atoms with Crippen molar-refractivity contribution in [3.8, 4) is 5.75 Å². The summed E-state index contributed by atoms with van der Waals surface area (Å²) in [4.78, 5) is 4.47. The molecule has 0 bridgehead atoms. The van der Waals surface area contributed by atoms with Gasteiger partial charge in [-0.25, -0.2) is 0 Å². The fourth-order valence-corrected chi connectivity index (χ4v) is 3.63. The molecule has 0 saturated heterocycles. The first-order valence-electron chi connectivity index (χ1n) is 7.43. The molecule has 0 fully saturated rings. The molecule has 126 valence electrons. The Morgan fingerprint density at radius 3 is 2.16 bits per heavy atom. The van der Waals surface area contributed by atoms with Crippen molar-refractivity contribution in [2.24, 2.45) is 4.99 Å². The third-order valence-electron chi connectivity index (χ3n) is 3.31. The number of para-hydroxylation sites is 1. The Morgan fingerprint density at radius 1 is 0.880 bits per heavy atom. The van der Waals surface area contributed by atoms with Crippen LogP contribution < -0.4 is 4.18 Å². The minimum absolute atomic E-state index is 0.108. The van der Waals surface area contributed by atoms with Gasteiger partial charge in [0.15, 0.2) is 5.75 Å². The first-order chi connectivity index (χ1) is 12.0. The highest BCUT2D eigenvalue weighted by Gasteiger charge is 2.17. The summed E-state index contributed by atoms with van der Waals surface area (Å²) in [5.74, 6) is 0.223. The zero-order valence-corrected chi connectivity index (χ0v) is 15.4. The number of benzene rings is 3. The summed E-state index contributed by atoms with van der Waals surface area (Å²) >= 11 is 3.35. The van der Waals surface area contributed by atoms with Crippen molar-refractivity contribution in [2.75, 3.05) is 0 Å². The van der Waals surface area contributed by atoms with Crippen LogP contribution in [0.5, 0.6) is 5.75 Å². The normalized spacial score (nSPS) is 11.6.